The Kier molecular flexibility index (Phi) is 3.00. The Morgan fingerprint density at radius 2 is 1.94 bits per heavy atom. The van der Waals surface area contributed by atoms with E-state index in [2.05, 4.69) is 10.3 Å². The van der Waals surface area contributed by atoms with E-state index in [1.165, 1.54) is 0 Å². The Bertz CT molecular complexity index is 542. The molecule has 3 heteroatoms. The molecule has 0 radical (unpaired) electrons. The van der Waals surface area contributed by atoms with Gasteiger partial charge in [-0.05, 0) is 43.6 Å². The van der Waals surface area contributed by atoms with Gasteiger partial charge >= 0.3 is 0 Å². The molecule has 3 rings (SSSR count). The lowest BCUT2D eigenvalue weighted by Crippen LogP contribution is -2.40. The lowest BCUT2D eigenvalue weighted by atomic mass is 9.87. The van der Waals surface area contributed by atoms with Crippen LogP contribution in [0.15, 0.2) is 36.5 Å². The molecule has 0 aliphatic carbocycles. The summed E-state index contributed by atoms with van der Waals surface area (Å²) < 4.78 is 14.7. The monoisotopic (exact) mass is 244 g/mol. The number of rotatable bonds is 2. The number of alkyl halides is 1. The Labute approximate surface area is 106 Å². The first kappa shape index (κ1) is 11.6. The lowest BCUT2D eigenvalue weighted by Gasteiger charge is -2.30. The molecule has 18 heavy (non-hydrogen) atoms. The third-order valence-electron chi connectivity index (χ3n) is 3.75. The van der Waals surface area contributed by atoms with E-state index in [4.69, 9.17) is 0 Å². The predicted molar refractivity (Wildman–Crippen MR) is 71.4 cm³/mol. The normalized spacial score (nSPS) is 18.9. The average Bonchev–Trinajstić information content (AvgIpc) is 2.40. The summed E-state index contributed by atoms with van der Waals surface area (Å²) in [6.45, 7) is 1.55. The Hall–Kier alpha value is -1.48. The first-order valence-electron chi connectivity index (χ1n) is 6.49. The zero-order valence-corrected chi connectivity index (χ0v) is 10.3. The summed E-state index contributed by atoms with van der Waals surface area (Å²) in [7, 11) is 0. The topological polar surface area (TPSA) is 24.9 Å². The van der Waals surface area contributed by atoms with Gasteiger partial charge in [-0.2, -0.15) is 0 Å². The van der Waals surface area contributed by atoms with Crippen LogP contribution < -0.4 is 5.32 Å². The van der Waals surface area contributed by atoms with Crippen molar-refractivity contribution in [2.24, 2.45) is 0 Å². The van der Waals surface area contributed by atoms with Crippen molar-refractivity contribution in [1.29, 1.82) is 0 Å². The first-order valence-corrected chi connectivity index (χ1v) is 6.49. The molecule has 0 atom stereocenters. The molecular weight excluding hydrogens is 227 g/mol. The molecule has 0 amide bonds. The molecule has 1 fully saturated rings. The second kappa shape index (κ2) is 4.65. The Morgan fingerprint density at radius 3 is 2.78 bits per heavy atom. The molecule has 1 saturated heterocycles. The quantitative estimate of drug-likeness (QED) is 0.878. The van der Waals surface area contributed by atoms with Gasteiger partial charge in [-0.1, -0.05) is 18.2 Å². The van der Waals surface area contributed by atoms with E-state index in [0.717, 1.165) is 29.6 Å². The van der Waals surface area contributed by atoms with Crippen LogP contribution in [0.4, 0.5) is 4.39 Å². The van der Waals surface area contributed by atoms with E-state index in [1.807, 2.05) is 30.3 Å². The van der Waals surface area contributed by atoms with Crippen molar-refractivity contribution in [3.63, 3.8) is 0 Å². The molecule has 1 aromatic heterocycles. The number of halogens is 1. The van der Waals surface area contributed by atoms with Crippen molar-refractivity contribution in [3.05, 3.63) is 42.1 Å². The minimum Gasteiger partial charge on any atom is -0.316 e. The number of nitrogens with zero attached hydrogens (tertiary/aromatic N) is 1. The average molecular weight is 244 g/mol. The minimum atomic E-state index is -1.06. The fourth-order valence-electron chi connectivity index (χ4n) is 2.70. The molecule has 2 aromatic rings. The molecule has 1 aliphatic heterocycles. The zero-order valence-electron chi connectivity index (χ0n) is 10.3. The van der Waals surface area contributed by atoms with Gasteiger partial charge in [0.2, 0.25) is 0 Å². The van der Waals surface area contributed by atoms with E-state index in [-0.39, 0.29) is 0 Å². The van der Waals surface area contributed by atoms with Crippen molar-refractivity contribution in [2.75, 3.05) is 13.1 Å². The van der Waals surface area contributed by atoms with E-state index in [1.54, 1.807) is 6.20 Å². The van der Waals surface area contributed by atoms with Crippen LogP contribution in [0, 0.1) is 0 Å². The van der Waals surface area contributed by atoms with Gasteiger partial charge in [-0.3, -0.25) is 4.98 Å². The maximum Gasteiger partial charge on any atom is 0.117 e. The summed E-state index contributed by atoms with van der Waals surface area (Å²) in [5.41, 5.74) is 0.965. The van der Waals surface area contributed by atoms with Gasteiger partial charge in [-0.25, -0.2) is 4.39 Å². The number of piperidine rings is 1. The van der Waals surface area contributed by atoms with E-state index in [9.17, 15) is 4.39 Å². The van der Waals surface area contributed by atoms with Crippen LogP contribution >= 0.6 is 0 Å². The highest BCUT2D eigenvalue weighted by molar-refractivity contribution is 5.81. The van der Waals surface area contributed by atoms with E-state index >= 15 is 0 Å². The van der Waals surface area contributed by atoms with Crippen molar-refractivity contribution in [2.45, 2.75) is 24.9 Å². The molecule has 2 heterocycles. The molecule has 1 aliphatic rings. The van der Waals surface area contributed by atoms with Crippen LogP contribution in [0.1, 0.15) is 18.4 Å². The fourth-order valence-corrected chi connectivity index (χ4v) is 2.70. The standard InChI is InChI=1S/C15H17FN2/c16-15(6-9-17-10-7-15)11-12-5-8-18-14-4-2-1-3-13(12)14/h1-5,8,17H,6-7,9-11H2. The molecular formula is C15H17FN2. The fraction of sp³-hybridized carbons (Fsp3) is 0.400. The van der Waals surface area contributed by atoms with Crippen LogP contribution in [0.3, 0.4) is 0 Å². The molecule has 0 unspecified atom stereocenters. The van der Waals surface area contributed by atoms with Gasteiger partial charge in [0.05, 0.1) is 5.52 Å². The third-order valence-corrected chi connectivity index (χ3v) is 3.75. The smallest absolute Gasteiger partial charge is 0.117 e. The Balaban J connectivity index is 1.94. The molecule has 2 nitrogen and oxygen atoms in total. The molecule has 94 valence electrons. The maximum atomic E-state index is 14.7. The number of benzene rings is 1. The summed E-state index contributed by atoms with van der Waals surface area (Å²) in [5.74, 6) is 0. The number of para-hydroxylation sites is 1. The SMILES string of the molecule is FC1(Cc2ccnc3ccccc23)CCNCC1. The highest BCUT2D eigenvalue weighted by Crippen LogP contribution is 2.30. The predicted octanol–water partition coefficient (Wildman–Crippen LogP) is 2.87. The van der Waals surface area contributed by atoms with Gasteiger partial charge < -0.3 is 5.32 Å². The highest BCUT2D eigenvalue weighted by atomic mass is 19.1. The molecule has 0 spiro atoms. The minimum absolute atomic E-state index is 0.498. The van der Waals surface area contributed by atoms with Crippen molar-refractivity contribution in [1.82, 2.24) is 10.3 Å². The number of pyridine rings is 1. The Morgan fingerprint density at radius 1 is 1.17 bits per heavy atom. The summed E-state index contributed by atoms with van der Waals surface area (Å²) in [6.07, 6.45) is 3.48. The molecule has 0 bridgehead atoms. The van der Waals surface area contributed by atoms with Crippen molar-refractivity contribution >= 4 is 10.9 Å². The zero-order chi connectivity index (χ0) is 12.4. The van der Waals surface area contributed by atoms with Gasteiger partial charge in [0, 0.05) is 18.0 Å². The highest BCUT2D eigenvalue weighted by Gasteiger charge is 2.32. The van der Waals surface area contributed by atoms with Gasteiger partial charge in [0.1, 0.15) is 5.67 Å². The van der Waals surface area contributed by atoms with Gasteiger partial charge in [-0.15, -0.1) is 0 Å². The second-order valence-electron chi connectivity index (χ2n) is 5.06. The van der Waals surface area contributed by atoms with Crippen molar-refractivity contribution in [3.8, 4) is 0 Å². The molecule has 1 aromatic carbocycles. The second-order valence-corrected chi connectivity index (χ2v) is 5.06. The summed E-state index contributed by atoms with van der Waals surface area (Å²) in [5, 5.41) is 4.29. The summed E-state index contributed by atoms with van der Waals surface area (Å²) in [4.78, 5) is 4.32. The molecule has 1 N–H and O–H groups in total. The van der Waals surface area contributed by atoms with Crippen LogP contribution in [0.25, 0.3) is 10.9 Å². The number of hydrogen-bond donors (Lipinski definition) is 1. The van der Waals surface area contributed by atoms with Gasteiger partial charge in [0.25, 0.3) is 0 Å². The first-order chi connectivity index (χ1) is 8.77. The number of fused-ring (bicyclic) bond motifs is 1. The summed E-state index contributed by atoms with van der Waals surface area (Å²) in [6, 6.07) is 9.91. The number of aromatic nitrogens is 1. The van der Waals surface area contributed by atoms with Crippen LogP contribution in [-0.4, -0.2) is 23.7 Å². The van der Waals surface area contributed by atoms with E-state index in [0.29, 0.717) is 19.3 Å². The van der Waals surface area contributed by atoms with Crippen LogP contribution in [0.5, 0.6) is 0 Å². The van der Waals surface area contributed by atoms with Crippen LogP contribution in [0.2, 0.25) is 0 Å². The van der Waals surface area contributed by atoms with Crippen LogP contribution in [-0.2, 0) is 6.42 Å². The van der Waals surface area contributed by atoms with E-state index < -0.39 is 5.67 Å². The largest absolute Gasteiger partial charge is 0.316 e. The van der Waals surface area contributed by atoms with Gasteiger partial charge in [0.15, 0.2) is 0 Å². The number of nitrogens with one attached hydrogen (secondary N) is 1. The molecule has 0 saturated carbocycles. The summed E-state index contributed by atoms with van der Waals surface area (Å²) >= 11 is 0. The van der Waals surface area contributed by atoms with Crippen molar-refractivity contribution < 1.29 is 4.39 Å². The maximum absolute atomic E-state index is 14.7. The lowest BCUT2D eigenvalue weighted by molar-refractivity contribution is 0.116. The third kappa shape index (κ3) is 2.23. The number of hydrogen-bond acceptors (Lipinski definition) is 2.